The van der Waals surface area contributed by atoms with E-state index in [4.69, 9.17) is 9.47 Å². The molecule has 22 heavy (non-hydrogen) atoms. The zero-order valence-electron chi connectivity index (χ0n) is 13.1. The van der Waals surface area contributed by atoms with Gasteiger partial charge >= 0.3 is 5.97 Å². The third kappa shape index (κ3) is 4.98. The highest BCUT2D eigenvalue weighted by atomic mass is 19.1. The van der Waals surface area contributed by atoms with E-state index in [1.54, 1.807) is 18.2 Å². The van der Waals surface area contributed by atoms with E-state index < -0.39 is 0 Å². The number of ether oxygens (including phenoxy) is 2. The normalized spacial score (nSPS) is 18.9. The molecule has 1 aromatic carbocycles. The van der Waals surface area contributed by atoms with Gasteiger partial charge < -0.3 is 14.4 Å². The Morgan fingerprint density at radius 1 is 1.41 bits per heavy atom. The summed E-state index contributed by atoms with van der Waals surface area (Å²) < 4.78 is 23.9. The van der Waals surface area contributed by atoms with Gasteiger partial charge in [-0.3, -0.25) is 4.79 Å². The fourth-order valence-corrected chi connectivity index (χ4v) is 2.74. The fourth-order valence-electron chi connectivity index (χ4n) is 2.74. The van der Waals surface area contributed by atoms with Crippen molar-refractivity contribution in [1.82, 2.24) is 4.90 Å². The molecule has 1 aliphatic heterocycles. The number of nitrogens with zero attached hydrogens (tertiary/aromatic N) is 1. The molecule has 1 aromatic rings. The van der Waals surface area contributed by atoms with Crippen molar-refractivity contribution in [1.29, 1.82) is 0 Å². The molecule has 0 spiro atoms. The van der Waals surface area contributed by atoms with Gasteiger partial charge in [-0.15, -0.1) is 0 Å². The van der Waals surface area contributed by atoms with Crippen molar-refractivity contribution >= 4 is 5.97 Å². The molecule has 122 valence electrons. The molecule has 1 aliphatic rings. The van der Waals surface area contributed by atoms with Gasteiger partial charge in [0.05, 0.1) is 19.1 Å². The number of carbonyl (C=O) groups excluding carboxylic acids is 1. The van der Waals surface area contributed by atoms with Crippen LogP contribution in [0.25, 0.3) is 0 Å². The average Bonchev–Trinajstić information content (AvgIpc) is 2.54. The van der Waals surface area contributed by atoms with Crippen LogP contribution in [0.15, 0.2) is 24.3 Å². The van der Waals surface area contributed by atoms with Crippen molar-refractivity contribution < 1.29 is 18.7 Å². The number of halogens is 1. The SMILES string of the molecule is CCOC(=O)C1CCCN(CCCOc2ccccc2F)C1. The largest absolute Gasteiger partial charge is 0.490 e. The quantitative estimate of drug-likeness (QED) is 0.573. The smallest absolute Gasteiger partial charge is 0.310 e. The van der Waals surface area contributed by atoms with Crippen LogP contribution in [0.3, 0.4) is 0 Å². The Hall–Kier alpha value is -1.62. The first kappa shape index (κ1) is 16.7. The van der Waals surface area contributed by atoms with E-state index >= 15 is 0 Å². The van der Waals surface area contributed by atoms with Crippen molar-refractivity contribution in [2.45, 2.75) is 26.2 Å². The summed E-state index contributed by atoms with van der Waals surface area (Å²) >= 11 is 0. The Bertz CT molecular complexity index is 481. The molecule has 1 atom stereocenters. The lowest BCUT2D eigenvalue weighted by Crippen LogP contribution is -2.40. The monoisotopic (exact) mass is 309 g/mol. The number of carbonyl (C=O) groups is 1. The first-order chi connectivity index (χ1) is 10.7. The Balaban J connectivity index is 1.68. The molecule has 1 heterocycles. The molecule has 5 heteroatoms. The van der Waals surface area contributed by atoms with Crippen molar-refractivity contribution in [3.05, 3.63) is 30.1 Å². The van der Waals surface area contributed by atoms with Gasteiger partial charge in [0.25, 0.3) is 0 Å². The van der Waals surface area contributed by atoms with E-state index in [9.17, 15) is 9.18 Å². The summed E-state index contributed by atoms with van der Waals surface area (Å²) in [5.41, 5.74) is 0. The number of likely N-dealkylation sites (tertiary alicyclic amines) is 1. The Labute approximate surface area is 131 Å². The Morgan fingerprint density at radius 2 is 2.23 bits per heavy atom. The maximum atomic E-state index is 13.4. The molecule has 0 amide bonds. The van der Waals surface area contributed by atoms with Crippen LogP contribution in [-0.2, 0) is 9.53 Å². The van der Waals surface area contributed by atoms with E-state index in [0.29, 0.717) is 19.0 Å². The van der Waals surface area contributed by atoms with Gasteiger partial charge in [-0.25, -0.2) is 4.39 Å². The molecule has 1 fully saturated rings. The van der Waals surface area contributed by atoms with Crippen molar-refractivity contribution in [3.63, 3.8) is 0 Å². The molecule has 0 aromatic heterocycles. The molecule has 0 bridgehead atoms. The molecular weight excluding hydrogens is 285 g/mol. The summed E-state index contributed by atoms with van der Waals surface area (Å²) in [7, 11) is 0. The average molecular weight is 309 g/mol. The minimum absolute atomic E-state index is 0.0128. The number of benzene rings is 1. The van der Waals surface area contributed by atoms with Crippen LogP contribution >= 0.6 is 0 Å². The summed E-state index contributed by atoms with van der Waals surface area (Å²) in [6.45, 7) is 5.34. The minimum atomic E-state index is -0.331. The van der Waals surface area contributed by atoms with E-state index in [-0.39, 0.29) is 17.7 Å². The molecule has 0 radical (unpaired) electrons. The Morgan fingerprint density at radius 3 is 3.00 bits per heavy atom. The predicted octanol–water partition coefficient (Wildman–Crippen LogP) is 2.87. The van der Waals surface area contributed by atoms with Crippen LogP contribution in [0.1, 0.15) is 26.2 Å². The maximum Gasteiger partial charge on any atom is 0.310 e. The molecule has 4 nitrogen and oxygen atoms in total. The topological polar surface area (TPSA) is 38.8 Å². The first-order valence-electron chi connectivity index (χ1n) is 7.97. The number of rotatable bonds is 7. The first-order valence-corrected chi connectivity index (χ1v) is 7.97. The van der Waals surface area contributed by atoms with Gasteiger partial charge in [0.15, 0.2) is 11.6 Å². The minimum Gasteiger partial charge on any atom is -0.490 e. The summed E-state index contributed by atoms with van der Waals surface area (Å²) in [6, 6.07) is 6.43. The van der Waals surface area contributed by atoms with Gasteiger partial charge in [0.2, 0.25) is 0 Å². The van der Waals surface area contributed by atoms with Gasteiger partial charge in [-0.05, 0) is 44.9 Å². The number of piperidine rings is 1. The number of esters is 1. The molecule has 1 unspecified atom stereocenters. The lowest BCUT2D eigenvalue weighted by Gasteiger charge is -2.31. The maximum absolute atomic E-state index is 13.4. The number of hydrogen-bond acceptors (Lipinski definition) is 4. The summed E-state index contributed by atoms with van der Waals surface area (Å²) in [6.07, 6.45) is 2.72. The molecule has 0 N–H and O–H groups in total. The molecule has 0 saturated carbocycles. The predicted molar refractivity (Wildman–Crippen MR) is 82.3 cm³/mol. The van der Waals surface area contributed by atoms with Crippen molar-refractivity contribution in [2.75, 3.05) is 32.8 Å². The van der Waals surface area contributed by atoms with Crippen LogP contribution in [0.2, 0.25) is 0 Å². The van der Waals surface area contributed by atoms with Gasteiger partial charge in [-0.1, -0.05) is 12.1 Å². The highest BCUT2D eigenvalue weighted by Crippen LogP contribution is 2.19. The Kier molecular flexibility index (Phi) is 6.65. The fraction of sp³-hybridized carbons (Fsp3) is 0.588. The molecule has 1 saturated heterocycles. The third-order valence-corrected chi connectivity index (χ3v) is 3.84. The van der Waals surface area contributed by atoms with E-state index in [1.165, 1.54) is 6.07 Å². The zero-order chi connectivity index (χ0) is 15.8. The van der Waals surface area contributed by atoms with Crippen LogP contribution in [0.4, 0.5) is 4.39 Å². The van der Waals surface area contributed by atoms with Gasteiger partial charge in [0.1, 0.15) is 0 Å². The molecular formula is C17H24FNO3. The van der Waals surface area contributed by atoms with Crippen LogP contribution in [0.5, 0.6) is 5.75 Å². The van der Waals surface area contributed by atoms with Gasteiger partial charge in [-0.2, -0.15) is 0 Å². The van der Waals surface area contributed by atoms with Crippen LogP contribution < -0.4 is 4.74 Å². The third-order valence-electron chi connectivity index (χ3n) is 3.84. The highest BCUT2D eigenvalue weighted by molar-refractivity contribution is 5.72. The van der Waals surface area contributed by atoms with Crippen molar-refractivity contribution in [2.24, 2.45) is 5.92 Å². The van der Waals surface area contributed by atoms with Crippen molar-refractivity contribution in [3.8, 4) is 5.75 Å². The number of hydrogen-bond donors (Lipinski definition) is 0. The number of para-hydroxylation sites is 1. The van der Waals surface area contributed by atoms with E-state index in [1.807, 2.05) is 6.92 Å². The summed E-state index contributed by atoms with van der Waals surface area (Å²) in [5.74, 6) is -0.135. The zero-order valence-corrected chi connectivity index (χ0v) is 13.1. The summed E-state index contributed by atoms with van der Waals surface area (Å²) in [4.78, 5) is 14.0. The van der Waals surface area contributed by atoms with Crippen LogP contribution in [-0.4, -0.2) is 43.7 Å². The second-order valence-corrected chi connectivity index (χ2v) is 5.52. The van der Waals surface area contributed by atoms with Crippen LogP contribution in [0, 0.1) is 11.7 Å². The van der Waals surface area contributed by atoms with E-state index in [2.05, 4.69) is 4.90 Å². The lowest BCUT2D eigenvalue weighted by atomic mass is 9.98. The highest BCUT2D eigenvalue weighted by Gasteiger charge is 2.26. The standard InChI is InChI=1S/C17H24FNO3/c1-2-21-17(20)14-7-5-10-19(13-14)11-6-12-22-16-9-4-3-8-15(16)18/h3-4,8-9,14H,2,5-7,10-13H2,1H3. The summed E-state index contributed by atoms with van der Waals surface area (Å²) in [5, 5.41) is 0. The van der Waals surface area contributed by atoms with E-state index in [0.717, 1.165) is 38.9 Å². The second kappa shape index (κ2) is 8.73. The second-order valence-electron chi connectivity index (χ2n) is 5.52. The molecule has 0 aliphatic carbocycles. The van der Waals surface area contributed by atoms with Gasteiger partial charge in [0, 0.05) is 13.1 Å². The lowest BCUT2D eigenvalue weighted by molar-refractivity contribution is -0.149. The molecule has 2 rings (SSSR count).